The third-order valence-corrected chi connectivity index (χ3v) is 4.65. The van der Waals surface area contributed by atoms with Crippen LogP contribution in [-0.2, 0) is 0 Å². The van der Waals surface area contributed by atoms with Crippen LogP contribution in [-0.4, -0.2) is 0 Å². The molecule has 1 saturated carbocycles. The Hall–Kier alpha value is -0.520. The number of allylic oxidation sites excluding steroid dienone is 3. The van der Waals surface area contributed by atoms with Crippen LogP contribution in [0.25, 0.3) is 0 Å². The summed E-state index contributed by atoms with van der Waals surface area (Å²) in [6.45, 7) is 11.2. The Kier molecular flexibility index (Phi) is 3.04. The maximum atomic E-state index is 4.17. The molecule has 0 amide bonds. The van der Waals surface area contributed by atoms with E-state index in [1.54, 1.807) is 5.57 Å². The molecule has 0 heterocycles. The molecule has 0 N–H and O–H groups in total. The van der Waals surface area contributed by atoms with Crippen LogP contribution in [0.3, 0.4) is 0 Å². The zero-order valence-corrected chi connectivity index (χ0v) is 10.5. The van der Waals surface area contributed by atoms with Gasteiger partial charge < -0.3 is 0 Å². The van der Waals surface area contributed by atoms with Gasteiger partial charge in [0.15, 0.2) is 0 Å². The second-order valence-corrected chi connectivity index (χ2v) is 5.75. The van der Waals surface area contributed by atoms with Crippen molar-refractivity contribution in [3.63, 3.8) is 0 Å². The molecule has 0 aliphatic heterocycles. The Morgan fingerprint density at radius 2 is 2.00 bits per heavy atom. The molecule has 0 aromatic carbocycles. The van der Waals surface area contributed by atoms with Crippen LogP contribution >= 0.6 is 0 Å². The lowest BCUT2D eigenvalue weighted by Crippen LogP contribution is -2.11. The predicted octanol–water partition coefficient (Wildman–Crippen LogP) is 4.73. The lowest BCUT2D eigenvalue weighted by Gasteiger charge is -2.22. The quantitative estimate of drug-likeness (QED) is 0.542. The summed E-state index contributed by atoms with van der Waals surface area (Å²) in [6, 6.07) is 0. The largest absolute Gasteiger partial charge is 0.0999 e. The molecule has 0 spiro atoms. The summed E-state index contributed by atoms with van der Waals surface area (Å²) in [4.78, 5) is 0. The van der Waals surface area contributed by atoms with Crippen LogP contribution in [0.4, 0.5) is 0 Å². The summed E-state index contributed by atoms with van der Waals surface area (Å²) < 4.78 is 0. The second-order valence-electron chi connectivity index (χ2n) is 5.75. The first-order valence-corrected chi connectivity index (χ1v) is 6.43. The molecule has 0 nitrogen and oxygen atoms in total. The van der Waals surface area contributed by atoms with E-state index in [9.17, 15) is 0 Å². The summed E-state index contributed by atoms with van der Waals surface area (Å²) in [5, 5.41) is 0. The Labute approximate surface area is 94.5 Å². The molecule has 2 aliphatic rings. The van der Waals surface area contributed by atoms with E-state index in [4.69, 9.17) is 0 Å². The van der Waals surface area contributed by atoms with Crippen molar-refractivity contribution in [1.82, 2.24) is 0 Å². The van der Waals surface area contributed by atoms with Crippen molar-refractivity contribution in [3.05, 3.63) is 23.3 Å². The van der Waals surface area contributed by atoms with Gasteiger partial charge in [0.25, 0.3) is 0 Å². The topological polar surface area (TPSA) is 0 Å². The van der Waals surface area contributed by atoms with Crippen LogP contribution in [0.15, 0.2) is 23.3 Å². The Balaban J connectivity index is 2.21. The first-order valence-electron chi connectivity index (χ1n) is 6.43. The van der Waals surface area contributed by atoms with Gasteiger partial charge in [-0.2, -0.15) is 0 Å². The summed E-state index contributed by atoms with van der Waals surface area (Å²) in [7, 11) is 0. The predicted molar refractivity (Wildman–Crippen MR) is 66.7 cm³/mol. The van der Waals surface area contributed by atoms with Gasteiger partial charge in [-0.15, -0.1) is 0 Å². The maximum Gasteiger partial charge on any atom is -0.0169 e. The highest BCUT2D eigenvalue weighted by molar-refractivity contribution is 5.23. The van der Waals surface area contributed by atoms with Crippen molar-refractivity contribution < 1.29 is 0 Å². The van der Waals surface area contributed by atoms with E-state index in [1.165, 1.54) is 37.7 Å². The monoisotopic (exact) mass is 204 g/mol. The average molecular weight is 204 g/mol. The minimum Gasteiger partial charge on any atom is -0.0999 e. The minimum atomic E-state index is 0.781. The van der Waals surface area contributed by atoms with E-state index in [0.29, 0.717) is 0 Å². The van der Waals surface area contributed by atoms with Gasteiger partial charge in [0.1, 0.15) is 0 Å². The van der Waals surface area contributed by atoms with E-state index in [2.05, 4.69) is 27.4 Å². The summed E-state index contributed by atoms with van der Waals surface area (Å²) in [6.07, 6.45) is 6.83. The lowest BCUT2D eigenvalue weighted by atomic mass is 9.83. The minimum absolute atomic E-state index is 0.781. The standard InChI is InChI=1S/C15H24/c1-10(2)13-7-5-11(3)14-8-6-12(4)15(14)9-13/h12-13,15H,1,5-9H2,2-4H3/t12-,13-,15-/m1/s1. The first kappa shape index (κ1) is 11.0. The highest BCUT2D eigenvalue weighted by Crippen LogP contribution is 2.46. The van der Waals surface area contributed by atoms with Crippen molar-refractivity contribution >= 4 is 0 Å². The van der Waals surface area contributed by atoms with Crippen molar-refractivity contribution in [2.45, 2.75) is 52.9 Å². The molecule has 0 heteroatoms. The molecule has 0 saturated heterocycles. The number of hydrogen-bond donors (Lipinski definition) is 0. The van der Waals surface area contributed by atoms with E-state index in [-0.39, 0.29) is 0 Å². The molecule has 0 aromatic rings. The van der Waals surface area contributed by atoms with Crippen LogP contribution in [0, 0.1) is 17.8 Å². The fourth-order valence-electron chi connectivity index (χ4n) is 3.44. The molecular weight excluding hydrogens is 180 g/mol. The van der Waals surface area contributed by atoms with Gasteiger partial charge in [-0.05, 0) is 63.7 Å². The smallest absolute Gasteiger partial charge is 0.0169 e. The third-order valence-electron chi connectivity index (χ3n) is 4.65. The lowest BCUT2D eigenvalue weighted by molar-refractivity contribution is 0.374. The van der Waals surface area contributed by atoms with E-state index in [0.717, 1.165) is 17.8 Å². The molecule has 0 unspecified atom stereocenters. The normalized spacial score (nSPS) is 36.3. The van der Waals surface area contributed by atoms with Crippen LogP contribution in [0.2, 0.25) is 0 Å². The van der Waals surface area contributed by atoms with E-state index < -0.39 is 0 Å². The SMILES string of the molecule is C=C(C)[C@@H]1CCC(C)=C2CC[C@@H](C)[C@H]2C1. The van der Waals surface area contributed by atoms with Gasteiger partial charge in [0.05, 0.1) is 0 Å². The van der Waals surface area contributed by atoms with Gasteiger partial charge in [-0.3, -0.25) is 0 Å². The molecule has 0 radical (unpaired) electrons. The fourth-order valence-corrected chi connectivity index (χ4v) is 3.44. The van der Waals surface area contributed by atoms with Gasteiger partial charge in [0.2, 0.25) is 0 Å². The third kappa shape index (κ3) is 2.04. The number of fused-ring (bicyclic) bond motifs is 1. The molecule has 84 valence electrons. The second kappa shape index (κ2) is 4.15. The van der Waals surface area contributed by atoms with Crippen LogP contribution in [0.5, 0.6) is 0 Å². The Morgan fingerprint density at radius 3 is 2.67 bits per heavy atom. The van der Waals surface area contributed by atoms with Crippen molar-refractivity contribution in [2.75, 3.05) is 0 Å². The van der Waals surface area contributed by atoms with Gasteiger partial charge in [-0.25, -0.2) is 0 Å². The Morgan fingerprint density at radius 1 is 1.27 bits per heavy atom. The summed E-state index contributed by atoms with van der Waals surface area (Å²) >= 11 is 0. The van der Waals surface area contributed by atoms with Crippen LogP contribution < -0.4 is 0 Å². The van der Waals surface area contributed by atoms with Crippen molar-refractivity contribution in [3.8, 4) is 0 Å². The maximum absolute atomic E-state index is 4.17. The van der Waals surface area contributed by atoms with E-state index in [1.807, 2.05) is 5.57 Å². The molecule has 15 heavy (non-hydrogen) atoms. The molecule has 0 bridgehead atoms. The van der Waals surface area contributed by atoms with Gasteiger partial charge in [0, 0.05) is 0 Å². The molecule has 2 rings (SSSR count). The molecule has 2 aliphatic carbocycles. The molecule has 1 fully saturated rings. The average Bonchev–Trinajstić information content (AvgIpc) is 2.43. The zero-order valence-electron chi connectivity index (χ0n) is 10.5. The van der Waals surface area contributed by atoms with Crippen molar-refractivity contribution in [2.24, 2.45) is 17.8 Å². The van der Waals surface area contributed by atoms with Crippen LogP contribution in [0.1, 0.15) is 52.9 Å². The number of rotatable bonds is 1. The summed E-state index contributed by atoms with van der Waals surface area (Å²) in [5.41, 5.74) is 4.92. The van der Waals surface area contributed by atoms with E-state index >= 15 is 0 Å². The number of hydrogen-bond acceptors (Lipinski definition) is 0. The summed E-state index contributed by atoms with van der Waals surface area (Å²) in [5.74, 6) is 2.58. The molecule has 3 atom stereocenters. The van der Waals surface area contributed by atoms with Gasteiger partial charge >= 0.3 is 0 Å². The highest BCUT2D eigenvalue weighted by Gasteiger charge is 2.33. The van der Waals surface area contributed by atoms with Gasteiger partial charge in [-0.1, -0.05) is 30.2 Å². The first-order chi connectivity index (χ1) is 7.09. The van der Waals surface area contributed by atoms with Crippen molar-refractivity contribution in [1.29, 1.82) is 0 Å². The molecular formula is C15H24. The zero-order chi connectivity index (χ0) is 11.0. The molecule has 0 aromatic heterocycles. The Bertz CT molecular complexity index is 295. The highest BCUT2D eigenvalue weighted by atomic mass is 14.4. The fraction of sp³-hybridized carbons (Fsp3) is 0.733.